The Hall–Kier alpha value is -2.10. The Bertz CT molecular complexity index is 1000. The van der Waals surface area contributed by atoms with E-state index in [0.29, 0.717) is 5.92 Å². The normalized spacial score (nSPS) is 18.7. The van der Waals surface area contributed by atoms with Crippen LogP contribution >= 0.6 is 11.6 Å². The predicted octanol–water partition coefficient (Wildman–Crippen LogP) is 6.95. The lowest BCUT2D eigenvalue weighted by Gasteiger charge is -2.45. The molecule has 0 radical (unpaired) electrons. The number of rotatable bonds is 3. The second-order valence-corrected chi connectivity index (χ2v) is 9.82. The SMILES string of the molecule is Cc1ccccc1-n1nc(C2CC(C)(C)OC(C)(C)C2)cc1-c1ccc(Cl)cc1. The number of para-hydroxylation sites is 1. The number of nitrogens with zero attached hydrogens (tertiary/aromatic N) is 2. The van der Waals surface area contributed by atoms with Crippen LogP contribution in [0.2, 0.25) is 5.02 Å². The molecular weight excluding hydrogens is 380 g/mol. The van der Waals surface area contributed by atoms with Crippen molar-refractivity contribution in [2.45, 2.75) is 64.6 Å². The first-order chi connectivity index (χ1) is 13.6. The topological polar surface area (TPSA) is 27.1 Å². The van der Waals surface area contributed by atoms with Gasteiger partial charge in [0.15, 0.2) is 0 Å². The molecule has 0 aliphatic carbocycles. The molecule has 1 fully saturated rings. The van der Waals surface area contributed by atoms with Crippen LogP contribution in [0.4, 0.5) is 0 Å². The highest BCUT2D eigenvalue weighted by Gasteiger charge is 2.40. The third kappa shape index (κ3) is 4.26. The van der Waals surface area contributed by atoms with Gasteiger partial charge in [0.2, 0.25) is 0 Å². The van der Waals surface area contributed by atoms with E-state index in [-0.39, 0.29) is 11.2 Å². The quantitative estimate of drug-likeness (QED) is 0.468. The van der Waals surface area contributed by atoms with Gasteiger partial charge in [0.1, 0.15) is 0 Å². The fourth-order valence-electron chi connectivity index (χ4n) is 4.71. The Labute approximate surface area is 178 Å². The van der Waals surface area contributed by atoms with Gasteiger partial charge in [-0.25, -0.2) is 4.68 Å². The van der Waals surface area contributed by atoms with E-state index in [4.69, 9.17) is 21.4 Å². The molecule has 0 amide bonds. The highest BCUT2D eigenvalue weighted by molar-refractivity contribution is 6.30. The Kier molecular flexibility index (Phi) is 5.08. The Balaban J connectivity index is 1.84. The van der Waals surface area contributed by atoms with Crippen LogP contribution in [0.3, 0.4) is 0 Å². The van der Waals surface area contributed by atoms with Gasteiger partial charge in [-0.2, -0.15) is 5.10 Å². The number of halogens is 1. The van der Waals surface area contributed by atoms with Gasteiger partial charge in [0.25, 0.3) is 0 Å². The van der Waals surface area contributed by atoms with Crippen molar-refractivity contribution in [3.63, 3.8) is 0 Å². The molecule has 1 aliphatic rings. The number of hydrogen-bond acceptors (Lipinski definition) is 2. The minimum Gasteiger partial charge on any atom is -0.370 e. The van der Waals surface area contributed by atoms with Gasteiger partial charge < -0.3 is 4.74 Å². The van der Waals surface area contributed by atoms with E-state index in [2.05, 4.69) is 81.8 Å². The summed E-state index contributed by atoms with van der Waals surface area (Å²) in [5.74, 6) is 0.352. The van der Waals surface area contributed by atoms with Gasteiger partial charge in [-0.1, -0.05) is 41.9 Å². The monoisotopic (exact) mass is 408 g/mol. The molecule has 1 saturated heterocycles. The third-order valence-electron chi connectivity index (χ3n) is 5.66. The summed E-state index contributed by atoms with van der Waals surface area (Å²) in [7, 11) is 0. The number of aryl methyl sites for hydroxylation is 1. The Morgan fingerprint density at radius 3 is 2.21 bits per heavy atom. The molecule has 0 N–H and O–H groups in total. The van der Waals surface area contributed by atoms with Crippen molar-refractivity contribution in [2.24, 2.45) is 0 Å². The smallest absolute Gasteiger partial charge is 0.0744 e. The first kappa shape index (κ1) is 20.2. The molecule has 152 valence electrons. The van der Waals surface area contributed by atoms with E-state index in [1.165, 1.54) is 5.56 Å². The molecule has 4 rings (SSSR count). The third-order valence-corrected chi connectivity index (χ3v) is 5.91. The minimum absolute atomic E-state index is 0.167. The van der Waals surface area contributed by atoms with Gasteiger partial charge in [-0.05, 0) is 77.3 Å². The summed E-state index contributed by atoms with van der Waals surface area (Å²) < 4.78 is 8.39. The van der Waals surface area contributed by atoms with Crippen LogP contribution in [0.5, 0.6) is 0 Å². The van der Waals surface area contributed by atoms with Gasteiger partial charge in [-0.3, -0.25) is 0 Å². The molecular formula is C25H29ClN2O. The summed E-state index contributed by atoms with van der Waals surface area (Å²) >= 11 is 6.13. The largest absolute Gasteiger partial charge is 0.370 e. The molecule has 3 aromatic rings. The van der Waals surface area contributed by atoms with E-state index < -0.39 is 0 Å². The maximum absolute atomic E-state index is 6.30. The van der Waals surface area contributed by atoms with Crippen molar-refractivity contribution in [1.29, 1.82) is 0 Å². The molecule has 0 unspecified atom stereocenters. The van der Waals surface area contributed by atoms with Gasteiger partial charge in [0, 0.05) is 16.5 Å². The molecule has 0 atom stereocenters. The summed E-state index contributed by atoms with van der Waals surface area (Å²) in [5.41, 5.74) is 5.30. The second kappa shape index (κ2) is 7.30. The number of benzene rings is 2. The van der Waals surface area contributed by atoms with Crippen LogP contribution in [-0.4, -0.2) is 21.0 Å². The summed E-state index contributed by atoms with van der Waals surface area (Å²) in [5, 5.41) is 5.86. The molecule has 29 heavy (non-hydrogen) atoms. The van der Waals surface area contributed by atoms with Crippen LogP contribution in [0.15, 0.2) is 54.6 Å². The molecule has 1 aromatic heterocycles. The number of ether oxygens (including phenoxy) is 1. The molecule has 3 nitrogen and oxygen atoms in total. The standard InChI is InChI=1S/C25H29ClN2O/c1-17-8-6-7-9-22(17)28-23(18-10-12-20(26)13-11-18)14-21(27-28)19-15-24(2,3)29-25(4,5)16-19/h6-14,19H,15-16H2,1-5H3. The molecule has 0 spiro atoms. The van der Waals surface area contributed by atoms with Crippen LogP contribution in [0, 0.1) is 6.92 Å². The highest BCUT2D eigenvalue weighted by atomic mass is 35.5. The van der Waals surface area contributed by atoms with Crippen LogP contribution in [-0.2, 0) is 4.74 Å². The van der Waals surface area contributed by atoms with Gasteiger partial charge >= 0.3 is 0 Å². The van der Waals surface area contributed by atoms with Crippen molar-refractivity contribution < 1.29 is 4.74 Å². The van der Waals surface area contributed by atoms with E-state index in [0.717, 1.165) is 40.5 Å². The lowest BCUT2D eigenvalue weighted by Crippen LogP contribution is -2.44. The number of aromatic nitrogens is 2. The molecule has 0 saturated carbocycles. The van der Waals surface area contributed by atoms with Crippen LogP contribution in [0.25, 0.3) is 16.9 Å². The molecule has 1 aliphatic heterocycles. The first-order valence-electron chi connectivity index (χ1n) is 10.3. The lowest BCUT2D eigenvalue weighted by molar-refractivity contribution is -0.162. The van der Waals surface area contributed by atoms with E-state index in [1.54, 1.807) is 0 Å². The average Bonchev–Trinajstić information content (AvgIpc) is 3.05. The molecule has 2 heterocycles. The summed E-state index contributed by atoms with van der Waals surface area (Å²) in [6, 6.07) is 18.6. The fraction of sp³-hybridized carbons (Fsp3) is 0.400. The number of hydrogen-bond donors (Lipinski definition) is 0. The van der Waals surface area contributed by atoms with Crippen molar-refractivity contribution in [3.8, 4) is 16.9 Å². The molecule has 2 aromatic carbocycles. The van der Waals surface area contributed by atoms with E-state index in [1.807, 2.05) is 12.1 Å². The maximum atomic E-state index is 6.30. The zero-order valence-electron chi connectivity index (χ0n) is 17.9. The predicted molar refractivity (Wildman–Crippen MR) is 120 cm³/mol. The zero-order chi connectivity index (χ0) is 20.8. The summed E-state index contributed by atoms with van der Waals surface area (Å²) in [6.07, 6.45) is 1.92. The lowest BCUT2D eigenvalue weighted by atomic mass is 9.79. The zero-order valence-corrected chi connectivity index (χ0v) is 18.6. The van der Waals surface area contributed by atoms with Crippen molar-refractivity contribution in [1.82, 2.24) is 9.78 Å². The van der Waals surface area contributed by atoms with Gasteiger partial charge in [-0.15, -0.1) is 0 Å². The van der Waals surface area contributed by atoms with Crippen molar-refractivity contribution in [3.05, 3.63) is 70.9 Å². The van der Waals surface area contributed by atoms with Gasteiger partial charge in [0.05, 0.1) is 28.3 Å². The minimum atomic E-state index is -0.167. The summed E-state index contributed by atoms with van der Waals surface area (Å²) in [6.45, 7) is 10.8. The van der Waals surface area contributed by atoms with Crippen molar-refractivity contribution >= 4 is 11.6 Å². The van der Waals surface area contributed by atoms with Crippen molar-refractivity contribution in [2.75, 3.05) is 0 Å². The first-order valence-corrected chi connectivity index (χ1v) is 10.6. The second-order valence-electron chi connectivity index (χ2n) is 9.39. The van der Waals surface area contributed by atoms with Crippen LogP contribution in [0.1, 0.15) is 57.7 Å². The molecule has 0 bridgehead atoms. The molecule has 4 heteroatoms. The average molecular weight is 409 g/mol. The van der Waals surface area contributed by atoms with E-state index in [9.17, 15) is 0 Å². The Morgan fingerprint density at radius 2 is 1.59 bits per heavy atom. The summed E-state index contributed by atoms with van der Waals surface area (Å²) in [4.78, 5) is 0. The van der Waals surface area contributed by atoms with Crippen LogP contribution < -0.4 is 0 Å². The van der Waals surface area contributed by atoms with E-state index >= 15 is 0 Å². The maximum Gasteiger partial charge on any atom is 0.0744 e. The fourth-order valence-corrected chi connectivity index (χ4v) is 4.84. The highest BCUT2D eigenvalue weighted by Crippen LogP contribution is 2.44. The Morgan fingerprint density at radius 1 is 0.966 bits per heavy atom.